The summed E-state index contributed by atoms with van der Waals surface area (Å²) >= 11 is 0. The fourth-order valence-electron chi connectivity index (χ4n) is 3.67. The van der Waals surface area contributed by atoms with E-state index in [0.717, 1.165) is 24.2 Å². The van der Waals surface area contributed by atoms with Crippen LogP contribution in [-0.4, -0.2) is 40.0 Å². The Bertz CT molecular complexity index is 694. The first kappa shape index (κ1) is 17.4. The van der Waals surface area contributed by atoms with Crippen molar-refractivity contribution in [2.45, 2.75) is 58.6 Å². The molecule has 1 aromatic heterocycles. The number of nitrogens with zero attached hydrogens (tertiary/aromatic N) is 2. The second-order valence-electron chi connectivity index (χ2n) is 6.90. The number of hydrogen-bond acceptors (Lipinski definition) is 6. The minimum atomic E-state index is -0.864. The molecule has 2 heterocycles. The third-order valence-electron chi connectivity index (χ3n) is 5.35. The molecule has 0 unspecified atom stereocenters. The van der Waals surface area contributed by atoms with Gasteiger partial charge >= 0.3 is 12.0 Å². The molecule has 2 fully saturated rings. The van der Waals surface area contributed by atoms with E-state index in [1.165, 1.54) is 0 Å². The third kappa shape index (κ3) is 3.01. The topological polar surface area (TPSA) is 102 Å². The SMILES string of the molecule is Cc1noc(C)c1COC(=O)CN1C(=O)N[C@@]2(CCCC[C@@H]2C)C1=O. The zero-order valence-corrected chi connectivity index (χ0v) is 14.8. The van der Waals surface area contributed by atoms with Crippen LogP contribution in [0.25, 0.3) is 0 Å². The van der Waals surface area contributed by atoms with Gasteiger partial charge in [-0.3, -0.25) is 14.5 Å². The van der Waals surface area contributed by atoms with Gasteiger partial charge in [0.05, 0.1) is 11.3 Å². The smallest absolute Gasteiger partial charge is 0.326 e. The molecule has 0 bridgehead atoms. The Labute approximate surface area is 145 Å². The predicted octanol–water partition coefficient (Wildman–Crippen LogP) is 1.84. The molecule has 2 aliphatic rings. The van der Waals surface area contributed by atoms with Gasteiger partial charge in [-0.05, 0) is 32.6 Å². The van der Waals surface area contributed by atoms with E-state index in [1.807, 2.05) is 6.92 Å². The van der Waals surface area contributed by atoms with Crippen molar-refractivity contribution in [3.63, 3.8) is 0 Å². The lowest BCUT2D eigenvalue weighted by Gasteiger charge is -2.36. The van der Waals surface area contributed by atoms with Crippen molar-refractivity contribution in [2.24, 2.45) is 5.92 Å². The number of rotatable bonds is 4. The highest BCUT2D eigenvalue weighted by atomic mass is 16.5. The number of urea groups is 1. The zero-order chi connectivity index (χ0) is 18.2. The minimum Gasteiger partial charge on any atom is -0.459 e. The molecule has 1 aromatic rings. The highest BCUT2D eigenvalue weighted by molar-refractivity contribution is 6.08. The number of carbonyl (C=O) groups is 3. The number of esters is 1. The molecule has 1 aliphatic heterocycles. The van der Waals surface area contributed by atoms with Gasteiger partial charge in [-0.15, -0.1) is 0 Å². The van der Waals surface area contributed by atoms with Crippen LogP contribution in [0.4, 0.5) is 4.79 Å². The molecule has 1 saturated heterocycles. The number of aromatic nitrogens is 1. The summed E-state index contributed by atoms with van der Waals surface area (Å²) in [5, 5.41) is 6.61. The normalized spacial score (nSPS) is 26.2. The standard InChI is InChI=1S/C17H23N3O5/c1-10-6-4-5-7-17(10)15(22)20(16(23)18-17)8-14(21)24-9-13-11(2)19-25-12(13)3/h10H,4-9H2,1-3H3,(H,18,23)/t10-,17+/m0/s1. The van der Waals surface area contributed by atoms with Gasteiger partial charge in [-0.25, -0.2) is 4.79 Å². The maximum Gasteiger partial charge on any atom is 0.326 e. The molecule has 3 rings (SSSR count). The van der Waals surface area contributed by atoms with Gasteiger partial charge in [-0.2, -0.15) is 0 Å². The highest BCUT2D eigenvalue weighted by Crippen LogP contribution is 2.38. The first-order valence-electron chi connectivity index (χ1n) is 8.56. The number of nitrogens with one attached hydrogen (secondary N) is 1. The number of hydrogen-bond donors (Lipinski definition) is 1. The van der Waals surface area contributed by atoms with Gasteiger partial charge < -0.3 is 14.6 Å². The highest BCUT2D eigenvalue weighted by Gasteiger charge is 2.55. The quantitative estimate of drug-likeness (QED) is 0.657. The molecule has 25 heavy (non-hydrogen) atoms. The summed E-state index contributed by atoms with van der Waals surface area (Å²) in [6, 6.07) is -0.520. The lowest BCUT2D eigenvalue weighted by Crippen LogP contribution is -2.54. The Kier molecular flexibility index (Phi) is 4.53. The van der Waals surface area contributed by atoms with Crippen LogP contribution in [0.5, 0.6) is 0 Å². The Morgan fingerprint density at radius 3 is 2.80 bits per heavy atom. The average Bonchev–Trinajstić information content (AvgIpc) is 3.01. The number of ether oxygens (including phenoxy) is 1. The average molecular weight is 349 g/mol. The van der Waals surface area contributed by atoms with Crippen molar-refractivity contribution >= 4 is 17.9 Å². The maximum absolute atomic E-state index is 12.8. The van der Waals surface area contributed by atoms with E-state index in [-0.39, 0.29) is 25.0 Å². The Morgan fingerprint density at radius 2 is 2.16 bits per heavy atom. The van der Waals surface area contributed by atoms with Crippen LogP contribution in [0.2, 0.25) is 0 Å². The van der Waals surface area contributed by atoms with Gasteiger partial charge in [0, 0.05) is 0 Å². The van der Waals surface area contributed by atoms with Crippen molar-refractivity contribution in [1.82, 2.24) is 15.4 Å². The molecular weight excluding hydrogens is 326 g/mol. The molecule has 3 amide bonds. The van der Waals surface area contributed by atoms with Gasteiger partial charge in [0.1, 0.15) is 24.5 Å². The van der Waals surface area contributed by atoms with Crippen LogP contribution in [0.3, 0.4) is 0 Å². The third-order valence-corrected chi connectivity index (χ3v) is 5.35. The molecule has 1 saturated carbocycles. The fraction of sp³-hybridized carbons (Fsp3) is 0.647. The number of aryl methyl sites for hydroxylation is 2. The van der Waals surface area contributed by atoms with Gasteiger partial charge in [0.25, 0.3) is 5.91 Å². The van der Waals surface area contributed by atoms with Crippen LogP contribution in [0.15, 0.2) is 4.52 Å². The molecular formula is C17H23N3O5. The molecule has 8 heteroatoms. The predicted molar refractivity (Wildman–Crippen MR) is 86.4 cm³/mol. The molecule has 1 N–H and O–H groups in total. The van der Waals surface area contributed by atoms with E-state index >= 15 is 0 Å². The Balaban J connectivity index is 1.63. The van der Waals surface area contributed by atoms with E-state index in [4.69, 9.17) is 9.26 Å². The summed E-state index contributed by atoms with van der Waals surface area (Å²) in [5.41, 5.74) is 0.482. The van der Waals surface area contributed by atoms with E-state index in [2.05, 4.69) is 10.5 Å². The zero-order valence-electron chi connectivity index (χ0n) is 14.8. The molecule has 2 atom stereocenters. The molecule has 0 radical (unpaired) electrons. The largest absolute Gasteiger partial charge is 0.459 e. The van der Waals surface area contributed by atoms with E-state index in [1.54, 1.807) is 13.8 Å². The first-order chi connectivity index (χ1) is 11.8. The van der Waals surface area contributed by atoms with Gasteiger partial charge in [0.15, 0.2) is 0 Å². The monoisotopic (exact) mass is 349 g/mol. The molecule has 1 spiro atoms. The molecule has 136 valence electrons. The van der Waals surface area contributed by atoms with Crippen LogP contribution >= 0.6 is 0 Å². The van der Waals surface area contributed by atoms with Crippen LogP contribution in [0.1, 0.15) is 49.6 Å². The number of carbonyl (C=O) groups excluding carboxylic acids is 3. The van der Waals surface area contributed by atoms with Crippen molar-refractivity contribution in [3.8, 4) is 0 Å². The minimum absolute atomic E-state index is 0.00515. The second kappa shape index (κ2) is 6.50. The van der Waals surface area contributed by atoms with E-state index in [0.29, 0.717) is 23.4 Å². The summed E-state index contributed by atoms with van der Waals surface area (Å²) in [7, 11) is 0. The van der Waals surface area contributed by atoms with Crippen molar-refractivity contribution in [3.05, 3.63) is 17.0 Å². The van der Waals surface area contributed by atoms with E-state index < -0.39 is 17.5 Å². The number of imide groups is 1. The van der Waals surface area contributed by atoms with Crippen LogP contribution in [0, 0.1) is 19.8 Å². The van der Waals surface area contributed by atoms with Crippen molar-refractivity contribution < 1.29 is 23.6 Å². The van der Waals surface area contributed by atoms with Gasteiger partial charge in [0.2, 0.25) is 0 Å². The lowest BCUT2D eigenvalue weighted by atomic mass is 9.73. The Hall–Kier alpha value is -2.38. The first-order valence-corrected chi connectivity index (χ1v) is 8.56. The number of amides is 3. The van der Waals surface area contributed by atoms with Gasteiger partial charge in [-0.1, -0.05) is 24.9 Å². The van der Waals surface area contributed by atoms with E-state index in [9.17, 15) is 14.4 Å². The summed E-state index contributed by atoms with van der Waals surface area (Å²) in [6.07, 6.45) is 3.44. The fourth-order valence-corrected chi connectivity index (χ4v) is 3.67. The van der Waals surface area contributed by atoms with Crippen molar-refractivity contribution in [1.29, 1.82) is 0 Å². The Morgan fingerprint density at radius 1 is 1.40 bits per heavy atom. The van der Waals surface area contributed by atoms with Crippen LogP contribution in [-0.2, 0) is 20.9 Å². The summed E-state index contributed by atoms with van der Waals surface area (Å²) in [4.78, 5) is 38.1. The van der Waals surface area contributed by atoms with Crippen molar-refractivity contribution in [2.75, 3.05) is 6.54 Å². The maximum atomic E-state index is 12.8. The molecule has 0 aromatic carbocycles. The summed E-state index contributed by atoms with van der Waals surface area (Å²) in [5.74, 6) is -0.320. The second-order valence-corrected chi connectivity index (χ2v) is 6.90. The molecule has 8 nitrogen and oxygen atoms in total. The lowest BCUT2D eigenvalue weighted by molar-refractivity contribution is -0.149. The summed E-state index contributed by atoms with van der Waals surface area (Å²) in [6.45, 7) is 5.07. The van der Waals surface area contributed by atoms with Crippen LogP contribution < -0.4 is 5.32 Å². The molecule has 1 aliphatic carbocycles. The summed E-state index contributed by atoms with van der Waals surface area (Å²) < 4.78 is 10.2.